The maximum atomic E-state index is 5.74. The van der Waals surface area contributed by atoms with Gasteiger partial charge in [-0.05, 0) is 43.2 Å². The second kappa shape index (κ2) is 6.33. The van der Waals surface area contributed by atoms with E-state index in [1.54, 1.807) is 0 Å². The first-order valence-corrected chi connectivity index (χ1v) is 5.71. The smallest absolute Gasteiger partial charge is 0.122 e. The van der Waals surface area contributed by atoms with Gasteiger partial charge in [-0.2, -0.15) is 0 Å². The van der Waals surface area contributed by atoms with Crippen molar-refractivity contribution in [2.75, 3.05) is 19.7 Å². The van der Waals surface area contributed by atoms with E-state index in [4.69, 9.17) is 4.74 Å². The minimum atomic E-state index is 0.581. The average Bonchev–Trinajstić information content (AvgIpc) is 2.28. The van der Waals surface area contributed by atoms with E-state index in [0.29, 0.717) is 6.61 Å². The Morgan fingerprint density at radius 1 is 1.38 bits per heavy atom. The van der Waals surface area contributed by atoms with Crippen molar-refractivity contribution in [2.45, 2.75) is 20.8 Å². The van der Waals surface area contributed by atoms with Crippen LogP contribution in [0.5, 0.6) is 5.75 Å². The van der Waals surface area contributed by atoms with Gasteiger partial charge in [0.25, 0.3) is 0 Å². The molecule has 0 amide bonds. The van der Waals surface area contributed by atoms with E-state index in [0.717, 1.165) is 24.4 Å². The Morgan fingerprint density at radius 2 is 2.12 bits per heavy atom. The molecule has 1 aromatic rings. The molecular formula is C14H21NO. The molecule has 0 saturated heterocycles. The van der Waals surface area contributed by atoms with Crippen LogP contribution in [0, 0.1) is 13.8 Å². The molecule has 0 aliphatic heterocycles. The fourth-order valence-corrected chi connectivity index (χ4v) is 1.41. The number of hydrogen-bond donors (Lipinski definition) is 1. The van der Waals surface area contributed by atoms with Crippen molar-refractivity contribution in [2.24, 2.45) is 0 Å². The third-order valence-corrected chi connectivity index (χ3v) is 2.61. The number of benzene rings is 1. The van der Waals surface area contributed by atoms with Crippen molar-refractivity contribution < 1.29 is 4.74 Å². The molecule has 88 valence electrons. The fourth-order valence-electron chi connectivity index (χ4n) is 1.41. The average molecular weight is 219 g/mol. The summed E-state index contributed by atoms with van der Waals surface area (Å²) < 4.78 is 5.74. The zero-order valence-corrected chi connectivity index (χ0v) is 10.5. The lowest BCUT2D eigenvalue weighted by Crippen LogP contribution is -2.19. The summed E-state index contributed by atoms with van der Waals surface area (Å²) in [6.45, 7) is 12.6. The number of likely N-dealkylation sites (N-methyl/N-ethyl adjacent to an activating group) is 1. The summed E-state index contributed by atoms with van der Waals surface area (Å²) in [7, 11) is 0. The highest BCUT2D eigenvalue weighted by Crippen LogP contribution is 2.20. The Hall–Kier alpha value is -1.28. The highest BCUT2D eigenvalue weighted by Gasteiger charge is 2.02. The molecule has 1 N–H and O–H groups in total. The van der Waals surface area contributed by atoms with Gasteiger partial charge in [-0.25, -0.2) is 0 Å². The van der Waals surface area contributed by atoms with Gasteiger partial charge in [-0.15, -0.1) is 0 Å². The second-order valence-corrected chi connectivity index (χ2v) is 4.02. The Bertz CT molecular complexity index is 358. The molecule has 1 aromatic carbocycles. The Balaban J connectivity index is 2.48. The van der Waals surface area contributed by atoms with Crippen LogP contribution < -0.4 is 10.1 Å². The normalized spacial score (nSPS) is 10.2. The third kappa shape index (κ3) is 3.70. The Labute approximate surface area is 98.3 Å². The molecule has 0 spiro atoms. The van der Waals surface area contributed by atoms with E-state index < -0.39 is 0 Å². The molecule has 2 heteroatoms. The molecule has 0 heterocycles. The lowest BCUT2D eigenvalue weighted by Gasteiger charge is -2.12. The molecule has 16 heavy (non-hydrogen) atoms. The standard InChI is InChI=1S/C14H21NO/c1-5-15-9-11(2)10-16-14-8-6-7-12(3)13(14)4/h6-8,15H,2,5,9-10H2,1,3-4H3. The van der Waals surface area contributed by atoms with Crippen LogP contribution in [0.1, 0.15) is 18.1 Å². The van der Waals surface area contributed by atoms with Crippen molar-refractivity contribution in [3.05, 3.63) is 41.5 Å². The maximum absolute atomic E-state index is 5.74. The van der Waals surface area contributed by atoms with E-state index >= 15 is 0 Å². The summed E-state index contributed by atoms with van der Waals surface area (Å²) >= 11 is 0. The molecule has 2 nitrogen and oxygen atoms in total. The predicted octanol–water partition coefficient (Wildman–Crippen LogP) is 2.85. The molecule has 0 bridgehead atoms. The summed E-state index contributed by atoms with van der Waals surface area (Å²) in [5.41, 5.74) is 3.54. The van der Waals surface area contributed by atoms with E-state index in [1.165, 1.54) is 11.1 Å². The quantitative estimate of drug-likeness (QED) is 0.743. The first-order valence-electron chi connectivity index (χ1n) is 5.71. The van der Waals surface area contributed by atoms with Crippen molar-refractivity contribution in [1.82, 2.24) is 5.32 Å². The first kappa shape index (κ1) is 12.8. The highest BCUT2D eigenvalue weighted by molar-refractivity contribution is 5.38. The van der Waals surface area contributed by atoms with Gasteiger partial charge in [-0.3, -0.25) is 0 Å². The van der Waals surface area contributed by atoms with E-state index in [9.17, 15) is 0 Å². The van der Waals surface area contributed by atoms with Crippen molar-refractivity contribution in [3.63, 3.8) is 0 Å². The van der Waals surface area contributed by atoms with Gasteiger partial charge in [0.1, 0.15) is 12.4 Å². The summed E-state index contributed by atoms with van der Waals surface area (Å²) in [5, 5.41) is 3.23. The van der Waals surface area contributed by atoms with Gasteiger partial charge in [0.15, 0.2) is 0 Å². The van der Waals surface area contributed by atoms with E-state index in [2.05, 4.69) is 38.7 Å². The van der Waals surface area contributed by atoms with Crippen LogP contribution >= 0.6 is 0 Å². The minimum absolute atomic E-state index is 0.581. The summed E-state index contributed by atoms with van der Waals surface area (Å²) in [4.78, 5) is 0. The lowest BCUT2D eigenvalue weighted by molar-refractivity contribution is 0.346. The molecule has 0 atom stereocenters. The second-order valence-electron chi connectivity index (χ2n) is 4.02. The molecule has 0 aromatic heterocycles. The van der Waals surface area contributed by atoms with E-state index in [1.807, 2.05) is 12.1 Å². The molecule has 0 aliphatic carbocycles. The van der Waals surface area contributed by atoms with Gasteiger partial charge >= 0.3 is 0 Å². The molecule has 1 rings (SSSR count). The summed E-state index contributed by atoms with van der Waals surface area (Å²) in [6, 6.07) is 6.11. The van der Waals surface area contributed by atoms with E-state index in [-0.39, 0.29) is 0 Å². The molecular weight excluding hydrogens is 198 g/mol. The van der Waals surface area contributed by atoms with Crippen molar-refractivity contribution >= 4 is 0 Å². The number of rotatable bonds is 6. The number of aryl methyl sites for hydroxylation is 1. The van der Waals surface area contributed by atoms with Gasteiger partial charge in [0, 0.05) is 6.54 Å². The van der Waals surface area contributed by atoms with Gasteiger partial charge in [0.05, 0.1) is 0 Å². The van der Waals surface area contributed by atoms with Crippen molar-refractivity contribution in [3.8, 4) is 5.75 Å². The topological polar surface area (TPSA) is 21.3 Å². The SMILES string of the molecule is C=C(CNCC)COc1cccc(C)c1C. The zero-order chi connectivity index (χ0) is 12.0. The number of nitrogens with one attached hydrogen (secondary N) is 1. The Kier molecular flexibility index (Phi) is 5.06. The molecule has 0 radical (unpaired) electrons. The van der Waals surface area contributed by atoms with Gasteiger partial charge in [-0.1, -0.05) is 25.6 Å². The number of ether oxygens (including phenoxy) is 1. The third-order valence-electron chi connectivity index (χ3n) is 2.61. The summed E-state index contributed by atoms with van der Waals surface area (Å²) in [5.74, 6) is 0.956. The van der Waals surface area contributed by atoms with Gasteiger partial charge < -0.3 is 10.1 Å². The summed E-state index contributed by atoms with van der Waals surface area (Å²) in [6.07, 6.45) is 0. The van der Waals surface area contributed by atoms with Crippen LogP contribution in [-0.4, -0.2) is 19.7 Å². The van der Waals surface area contributed by atoms with Crippen LogP contribution in [0.3, 0.4) is 0 Å². The minimum Gasteiger partial charge on any atom is -0.489 e. The lowest BCUT2D eigenvalue weighted by atomic mass is 10.1. The largest absolute Gasteiger partial charge is 0.489 e. The number of hydrogen-bond acceptors (Lipinski definition) is 2. The molecule has 0 fully saturated rings. The molecule has 0 saturated carbocycles. The molecule has 0 aliphatic rings. The van der Waals surface area contributed by atoms with Crippen LogP contribution in [0.15, 0.2) is 30.4 Å². The zero-order valence-electron chi connectivity index (χ0n) is 10.5. The van der Waals surface area contributed by atoms with Crippen LogP contribution in [0.2, 0.25) is 0 Å². The maximum Gasteiger partial charge on any atom is 0.122 e. The first-order chi connectivity index (χ1) is 7.65. The van der Waals surface area contributed by atoms with Crippen LogP contribution in [0.25, 0.3) is 0 Å². The Morgan fingerprint density at radius 3 is 2.81 bits per heavy atom. The van der Waals surface area contributed by atoms with Crippen molar-refractivity contribution in [1.29, 1.82) is 0 Å². The molecule has 0 unspecified atom stereocenters. The van der Waals surface area contributed by atoms with Crippen LogP contribution in [0.4, 0.5) is 0 Å². The highest BCUT2D eigenvalue weighted by atomic mass is 16.5. The fraction of sp³-hybridized carbons (Fsp3) is 0.429. The van der Waals surface area contributed by atoms with Gasteiger partial charge in [0.2, 0.25) is 0 Å². The van der Waals surface area contributed by atoms with Crippen LogP contribution in [-0.2, 0) is 0 Å². The monoisotopic (exact) mass is 219 g/mol. The predicted molar refractivity (Wildman–Crippen MR) is 69.1 cm³/mol.